The molecule has 0 fully saturated rings. The lowest BCUT2D eigenvalue weighted by molar-refractivity contribution is -0.127. The summed E-state index contributed by atoms with van der Waals surface area (Å²) in [7, 11) is -3.59. The summed E-state index contributed by atoms with van der Waals surface area (Å²) in [6.07, 6.45) is 0.149. The summed E-state index contributed by atoms with van der Waals surface area (Å²) in [4.78, 5) is 12.5. The monoisotopic (exact) mass is 474 g/mol. The third-order valence-electron chi connectivity index (χ3n) is 4.24. The Hall–Kier alpha value is -1.61. The maximum atomic E-state index is 12.5. The fourth-order valence-electron chi connectivity index (χ4n) is 2.83. The minimum absolute atomic E-state index is 0.106. The van der Waals surface area contributed by atoms with E-state index in [1.807, 2.05) is 24.3 Å². The number of ether oxygens (including phenoxy) is 1. The van der Waals surface area contributed by atoms with E-state index in [0.717, 1.165) is 26.9 Å². The van der Waals surface area contributed by atoms with Crippen LogP contribution >= 0.6 is 35.0 Å². The molecule has 0 bridgehead atoms. The molecule has 0 saturated carbocycles. The highest BCUT2D eigenvalue weighted by molar-refractivity contribution is 7.98. The first-order valence-electron chi connectivity index (χ1n) is 8.78. The van der Waals surface area contributed by atoms with E-state index in [9.17, 15) is 13.2 Å². The molecule has 1 heterocycles. The molecule has 0 radical (unpaired) electrons. The number of amides is 1. The van der Waals surface area contributed by atoms with Crippen molar-refractivity contribution >= 4 is 56.6 Å². The van der Waals surface area contributed by atoms with Crippen LogP contribution in [0.1, 0.15) is 5.56 Å². The first-order chi connectivity index (χ1) is 13.8. The van der Waals surface area contributed by atoms with Crippen molar-refractivity contribution in [2.24, 2.45) is 0 Å². The van der Waals surface area contributed by atoms with Crippen molar-refractivity contribution < 1.29 is 17.9 Å². The topological polar surface area (TPSA) is 75.7 Å². The lowest BCUT2D eigenvalue weighted by Gasteiger charge is -2.34. The number of carbonyl (C=O) groups excluding carboxylic acids is 1. The summed E-state index contributed by atoms with van der Waals surface area (Å²) < 4.78 is 31.2. The highest BCUT2D eigenvalue weighted by atomic mass is 35.5. The maximum absolute atomic E-state index is 12.5. The molecule has 1 aliphatic rings. The van der Waals surface area contributed by atoms with Crippen LogP contribution in [0.3, 0.4) is 0 Å². The van der Waals surface area contributed by atoms with Crippen LogP contribution in [0.15, 0.2) is 42.5 Å². The number of anilines is 1. The highest BCUT2D eigenvalue weighted by Crippen LogP contribution is 2.37. The van der Waals surface area contributed by atoms with Gasteiger partial charge in [0, 0.05) is 28.1 Å². The molecule has 156 valence electrons. The van der Waals surface area contributed by atoms with E-state index >= 15 is 0 Å². The predicted molar refractivity (Wildman–Crippen MR) is 119 cm³/mol. The highest BCUT2D eigenvalue weighted by Gasteiger charge is 2.35. The zero-order chi connectivity index (χ0) is 21.0. The van der Waals surface area contributed by atoms with Crippen LogP contribution in [-0.4, -0.2) is 45.5 Å². The fraction of sp³-hybridized carbons (Fsp3) is 0.316. The zero-order valence-corrected chi connectivity index (χ0v) is 18.7. The summed E-state index contributed by atoms with van der Waals surface area (Å²) in [6, 6.07) is 12.3. The third-order valence-corrected chi connectivity index (χ3v) is 7.00. The molecule has 1 atom stereocenters. The van der Waals surface area contributed by atoms with Gasteiger partial charge in [0.2, 0.25) is 10.0 Å². The molecule has 6 nitrogen and oxygen atoms in total. The van der Waals surface area contributed by atoms with E-state index in [-0.39, 0.29) is 12.5 Å². The number of nitrogens with zero attached hydrogens (tertiary/aromatic N) is 1. The Kier molecular flexibility index (Phi) is 7.21. The van der Waals surface area contributed by atoms with E-state index in [2.05, 4.69) is 5.32 Å². The van der Waals surface area contributed by atoms with Gasteiger partial charge in [0.15, 0.2) is 6.10 Å². The number of benzene rings is 2. The summed E-state index contributed by atoms with van der Waals surface area (Å²) in [5.41, 5.74) is 1.37. The normalized spacial score (nSPS) is 16.1. The minimum Gasteiger partial charge on any atom is -0.476 e. The average molecular weight is 475 g/mol. The number of rotatable bonds is 7. The van der Waals surface area contributed by atoms with Crippen LogP contribution in [0.2, 0.25) is 10.0 Å². The predicted octanol–water partition coefficient (Wildman–Crippen LogP) is 3.57. The second-order valence-corrected chi connectivity index (χ2v) is 10.3. The van der Waals surface area contributed by atoms with Gasteiger partial charge in [-0.2, -0.15) is 11.8 Å². The van der Waals surface area contributed by atoms with Crippen LogP contribution in [0.5, 0.6) is 5.75 Å². The number of nitrogens with one attached hydrogen (secondary N) is 1. The SMILES string of the molecule is CS(=O)(=O)N1C[C@H](C(=O)NCCSCc2ccccc2Cl)Oc2ccc(Cl)cc21. The molecule has 10 heteroatoms. The Labute approximate surface area is 184 Å². The number of hydrogen-bond acceptors (Lipinski definition) is 5. The first kappa shape index (κ1) is 22.1. The average Bonchev–Trinajstić information content (AvgIpc) is 2.67. The van der Waals surface area contributed by atoms with Gasteiger partial charge in [0.25, 0.3) is 5.91 Å². The van der Waals surface area contributed by atoms with Gasteiger partial charge >= 0.3 is 0 Å². The smallest absolute Gasteiger partial charge is 0.263 e. The summed E-state index contributed by atoms with van der Waals surface area (Å²) >= 11 is 13.7. The molecule has 29 heavy (non-hydrogen) atoms. The van der Waals surface area contributed by atoms with Crippen molar-refractivity contribution in [1.29, 1.82) is 0 Å². The van der Waals surface area contributed by atoms with E-state index in [1.54, 1.807) is 23.9 Å². The molecule has 2 aromatic rings. The number of hydrogen-bond donors (Lipinski definition) is 1. The Bertz CT molecular complexity index is 1000. The number of fused-ring (bicyclic) bond motifs is 1. The van der Waals surface area contributed by atoms with Crippen LogP contribution in [-0.2, 0) is 20.6 Å². The van der Waals surface area contributed by atoms with Crippen molar-refractivity contribution in [3.63, 3.8) is 0 Å². The number of halogens is 2. The standard InChI is InChI=1S/C19H20Cl2N2O4S2/c1-29(25,26)23-11-18(27-17-7-6-14(20)10-16(17)23)19(24)22-8-9-28-12-13-4-2-3-5-15(13)21/h2-7,10,18H,8-9,11-12H2,1H3,(H,22,24)/t18-/m1/s1. The van der Waals surface area contributed by atoms with Crippen LogP contribution < -0.4 is 14.4 Å². The van der Waals surface area contributed by atoms with Crippen LogP contribution in [0.25, 0.3) is 0 Å². The largest absolute Gasteiger partial charge is 0.476 e. The molecule has 1 amide bonds. The quantitative estimate of drug-likeness (QED) is 0.620. The Morgan fingerprint density at radius 3 is 2.76 bits per heavy atom. The first-order valence-corrected chi connectivity index (χ1v) is 12.5. The Morgan fingerprint density at radius 1 is 1.28 bits per heavy atom. The number of carbonyl (C=O) groups is 1. The summed E-state index contributed by atoms with van der Waals surface area (Å²) in [6.45, 7) is 0.324. The summed E-state index contributed by atoms with van der Waals surface area (Å²) in [5, 5.41) is 3.91. The van der Waals surface area contributed by atoms with Crippen molar-refractivity contribution in [2.45, 2.75) is 11.9 Å². The molecule has 0 aromatic heterocycles. The lowest BCUT2D eigenvalue weighted by Crippen LogP contribution is -2.50. The van der Waals surface area contributed by atoms with Crippen molar-refractivity contribution in [2.75, 3.05) is 29.4 Å². The molecule has 1 aliphatic heterocycles. The molecule has 0 aliphatic carbocycles. The third kappa shape index (κ3) is 5.72. The number of sulfonamides is 1. The minimum atomic E-state index is -3.59. The van der Waals surface area contributed by atoms with Crippen LogP contribution in [0.4, 0.5) is 5.69 Å². The molecule has 0 spiro atoms. The molecule has 1 N–H and O–H groups in total. The van der Waals surface area contributed by atoms with E-state index in [4.69, 9.17) is 27.9 Å². The van der Waals surface area contributed by atoms with E-state index in [1.165, 1.54) is 6.07 Å². The fourth-order valence-corrected chi connectivity index (χ4v) is 5.05. The number of thioether (sulfide) groups is 1. The molecule has 0 saturated heterocycles. The van der Waals surface area contributed by atoms with Gasteiger partial charge in [-0.05, 0) is 29.8 Å². The second-order valence-electron chi connectivity index (χ2n) is 6.45. The molecule has 2 aromatic carbocycles. The zero-order valence-electron chi connectivity index (χ0n) is 15.6. The van der Waals surface area contributed by atoms with Gasteiger partial charge in [-0.15, -0.1) is 0 Å². The van der Waals surface area contributed by atoms with Crippen molar-refractivity contribution in [3.05, 3.63) is 58.1 Å². The van der Waals surface area contributed by atoms with Gasteiger partial charge < -0.3 is 10.1 Å². The van der Waals surface area contributed by atoms with Crippen molar-refractivity contribution in [3.8, 4) is 5.75 Å². The van der Waals surface area contributed by atoms with Gasteiger partial charge in [-0.25, -0.2) is 8.42 Å². The molecule has 0 unspecified atom stereocenters. The molecular weight excluding hydrogens is 455 g/mol. The van der Waals surface area contributed by atoms with E-state index in [0.29, 0.717) is 28.8 Å². The van der Waals surface area contributed by atoms with Crippen LogP contribution in [0, 0.1) is 0 Å². The van der Waals surface area contributed by atoms with Gasteiger partial charge in [0.1, 0.15) is 5.75 Å². The maximum Gasteiger partial charge on any atom is 0.263 e. The van der Waals surface area contributed by atoms with Crippen molar-refractivity contribution in [1.82, 2.24) is 5.32 Å². The Balaban J connectivity index is 1.56. The van der Waals surface area contributed by atoms with Gasteiger partial charge in [0.05, 0.1) is 18.5 Å². The lowest BCUT2D eigenvalue weighted by atomic mass is 10.2. The van der Waals surface area contributed by atoms with Gasteiger partial charge in [-0.3, -0.25) is 9.10 Å². The second kappa shape index (κ2) is 9.47. The molecule has 3 rings (SSSR count). The van der Waals surface area contributed by atoms with Gasteiger partial charge in [-0.1, -0.05) is 41.4 Å². The molecular formula is C19H20Cl2N2O4S2. The Morgan fingerprint density at radius 2 is 2.03 bits per heavy atom. The van der Waals surface area contributed by atoms with E-state index < -0.39 is 16.1 Å². The summed E-state index contributed by atoms with van der Waals surface area (Å²) in [5.74, 6) is 1.37.